The summed E-state index contributed by atoms with van der Waals surface area (Å²) >= 11 is 1.47. The molecule has 1 aromatic heterocycles. The largest absolute Gasteiger partial charge is 0.341 e. The van der Waals surface area contributed by atoms with E-state index in [1.807, 2.05) is 18.9 Å². The van der Waals surface area contributed by atoms with Crippen molar-refractivity contribution in [2.45, 2.75) is 19.8 Å². The third kappa shape index (κ3) is 3.26. The summed E-state index contributed by atoms with van der Waals surface area (Å²) < 4.78 is 0. The van der Waals surface area contributed by atoms with Crippen LogP contribution in [-0.4, -0.2) is 42.5 Å². The molecule has 0 unspecified atom stereocenters. The fraction of sp³-hybridized carbons (Fsp3) is 0.667. The Morgan fingerprint density at radius 2 is 2.29 bits per heavy atom. The predicted molar refractivity (Wildman–Crippen MR) is 69.4 cm³/mol. The van der Waals surface area contributed by atoms with Crippen LogP contribution < -0.4 is 5.32 Å². The van der Waals surface area contributed by atoms with Crippen molar-refractivity contribution in [2.75, 3.05) is 26.7 Å². The summed E-state index contributed by atoms with van der Waals surface area (Å²) in [4.78, 5) is 18.8. The number of piperidine rings is 1. The van der Waals surface area contributed by atoms with E-state index in [-0.39, 0.29) is 5.91 Å². The zero-order valence-electron chi connectivity index (χ0n) is 10.4. The molecule has 1 aliphatic rings. The molecule has 0 bridgehead atoms. The maximum absolute atomic E-state index is 12.1. The lowest BCUT2D eigenvalue weighted by Crippen LogP contribution is -2.37. The van der Waals surface area contributed by atoms with E-state index in [2.05, 4.69) is 10.3 Å². The number of hydrogen-bond acceptors (Lipinski definition) is 4. The van der Waals surface area contributed by atoms with Crippen LogP contribution in [0.1, 0.15) is 27.5 Å². The van der Waals surface area contributed by atoms with E-state index < -0.39 is 0 Å². The molecule has 94 valence electrons. The van der Waals surface area contributed by atoms with Crippen molar-refractivity contribution in [3.63, 3.8) is 0 Å². The van der Waals surface area contributed by atoms with E-state index >= 15 is 0 Å². The van der Waals surface area contributed by atoms with Crippen molar-refractivity contribution in [3.05, 3.63) is 16.1 Å². The highest BCUT2D eigenvalue weighted by Gasteiger charge is 2.20. The normalized spacial score (nSPS) is 17.1. The van der Waals surface area contributed by atoms with Gasteiger partial charge in [0.2, 0.25) is 0 Å². The highest BCUT2D eigenvalue weighted by atomic mass is 32.1. The van der Waals surface area contributed by atoms with Crippen molar-refractivity contribution < 1.29 is 4.79 Å². The molecule has 4 nitrogen and oxygen atoms in total. The minimum Gasteiger partial charge on any atom is -0.341 e. The van der Waals surface area contributed by atoms with Crippen LogP contribution in [0.3, 0.4) is 0 Å². The molecular formula is C12H19N3OS. The van der Waals surface area contributed by atoms with Gasteiger partial charge in [0.25, 0.3) is 5.91 Å². The second-order valence-electron chi connectivity index (χ2n) is 4.62. The van der Waals surface area contributed by atoms with Gasteiger partial charge in [0.1, 0.15) is 4.88 Å². The first kappa shape index (κ1) is 12.5. The average Bonchev–Trinajstić information content (AvgIpc) is 2.76. The van der Waals surface area contributed by atoms with Crippen LogP contribution in [0, 0.1) is 12.8 Å². The fourth-order valence-electron chi connectivity index (χ4n) is 2.18. The topological polar surface area (TPSA) is 45.2 Å². The third-order valence-electron chi connectivity index (χ3n) is 3.17. The Morgan fingerprint density at radius 3 is 2.88 bits per heavy atom. The molecule has 1 saturated heterocycles. The monoisotopic (exact) mass is 253 g/mol. The second-order valence-corrected chi connectivity index (χ2v) is 5.86. The summed E-state index contributed by atoms with van der Waals surface area (Å²) in [6.07, 6.45) is 4.01. The zero-order valence-corrected chi connectivity index (χ0v) is 11.2. The molecule has 17 heavy (non-hydrogen) atoms. The lowest BCUT2D eigenvalue weighted by Gasteiger charge is -2.27. The van der Waals surface area contributed by atoms with Crippen LogP contribution >= 0.6 is 11.3 Å². The third-order valence-corrected chi connectivity index (χ3v) is 4.07. The van der Waals surface area contributed by atoms with Crippen molar-refractivity contribution in [1.82, 2.24) is 15.2 Å². The van der Waals surface area contributed by atoms with Crippen LogP contribution in [0.25, 0.3) is 0 Å². The van der Waals surface area contributed by atoms with Crippen LogP contribution in [0.15, 0.2) is 6.20 Å². The predicted octanol–water partition coefficient (Wildman–Crippen LogP) is 1.52. The number of nitrogens with one attached hydrogen (secondary N) is 1. The number of carbonyl (C=O) groups excluding carboxylic acids is 1. The molecule has 0 aliphatic carbocycles. The maximum Gasteiger partial charge on any atom is 0.265 e. The van der Waals surface area contributed by atoms with Gasteiger partial charge in [-0.25, -0.2) is 4.98 Å². The highest BCUT2D eigenvalue weighted by Crippen LogP contribution is 2.17. The van der Waals surface area contributed by atoms with Crippen LogP contribution in [-0.2, 0) is 0 Å². The molecule has 1 aromatic rings. The fourth-order valence-corrected chi connectivity index (χ4v) is 2.96. The summed E-state index contributed by atoms with van der Waals surface area (Å²) in [5.41, 5.74) is 0. The minimum atomic E-state index is 0.106. The molecule has 1 amide bonds. The van der Waals surface area contributed by atoms with Gasteiger partial charge in [0.15, 0.2) is 0 Å². The number of carbonyl (C=O) groups is 1. The summed E-state index contributed by atoms with van der Waals surface area (Å²) in [5, 5.41) is 4.29. The van der Waals surface area contributed by atoms with Gasteiger partial charge in [0, 0.05) is 13.6 Å². The summed E-state index contributed by atoms with van der Waals surface area (Å²) in [6, 6.07) is 0. The van der Waals surface area contributed by atoms with E-state index in [4.69, 9.17) is 0 Å². The van der Waals surface area contributed by atoms with Crippen molar-refractivity contribution in [3.8, 4) is 0 Å². The van der Waals surface area contributed by atoms with Crippen LogP contribution in [0.5, 0.6) is 0 Å². The second kappa shape index (κ2) is 5.60. The molecule has 0 saturated carbocycles. The number of aromatic nitrogens is 1. The number of aryl methyl sites for hydroxylation is 1. The number of nitrogens with zero attached hydrogens (tertiary/aromatic N) is 2. The number of hydrogen-bond donors (Lipinski definition) is 1. The molecule has 0 radical (unpaired) electrons. The molecule has 0 spiro atoms. The van der Waals surface area contributed by atoms with Gasteiger partial charge >= 0.3 is 0 Å². The van der Waals surface area contributed by atoms with Gasteiger partial charge in [-0.05, 0) is 38.8 Å². The van der Waals surface area contributed by atoms with Gasteiger partial charge in [0.05, 0.1) is 11.2 Å². The van der Waals surface area contributed by atoms with E-state index in [0.717, 1.165) is 29.5 Å². The van der Waals surface area contributed by atoms with E-state index in [9.17, 15) is 4.79 Å². The summed E-state index contributed by atoms with van der Waals surface area (Å²) in [6.45, 7) is 4.93. The molecule has 1 N–H and O–H groups in total. The Labute approximate surface area is 106 Å². The van der Waals surface area contributed by atoms with Gasteiger partial charge < -0.3 is 10.2 Å². The van der Waals surface area contributed by atoms with Crippen molar-refractivity contribution >= 4 is 17.2 Å². The Kier molecular flexibility index (Phi) is 4.12. The Bertz CT molecular complexity index is 385. The molecular weight excluding hydrogens is 234 g/mol. The van der Waals surface area contributed by atoms with Crippen LogP contribution in [0.2, 0.25) is 0 Å². The smallest absolute Gasteiger partial charge is 0.265 e. The Morgan fingerprint density at radius 1 is 1.59 bits per heavy atom. The minimum absolute atomic E-state index is 0.106. The first-order valence-electron chi connectivity index (χ1n) is 6.05. The Balaban J connectivity index is 1.90. The lowest BCUT2D eigenvalue weighted by molar-refractivity contribution is 0.0767. The van der Waals surface area contributed by atoms with Crippen molar-refractivity contribution in [2.24, 2.45) is 5.92 Å². The van der Waals surface area contributed by atoms with Gasteiger partial charge in [-0.1, -0.05) is 0 Å². The number of amides is 1. The van der Waals surface area contributed by atoms with Gasteiger partial charge in [-0.2, -0.15) is 0 Å². The molecule has 2 heterocycles. The van der Waals surface area contributed by atoms with E-state index in [1.54, 1.807) is 6.20 Å². The van der Waals surface area contributed by atoms with Crippen LogP contribution in [0.4, 0.5) is 0 Å². The van der Waals surface area contributed by atoms with E-state index in [0.29, 0.717) is 5.92 Å². The number of rotatable bonds is 3. The summed E-state index contributed by atoms with van der Waals surface area (Å²) in [7, 11) is 1.89. The first-order chi connectivity index (χ1) is 8.16. The molecule has 0 aromatic carbocycles. The molecule has 5 heteroatoms. The van der Waals surface area contributed by atoms with Gasteiger partial charge in [-0.15, -0.1) is 11.3 Å². The standard InChI is InChI=1S/C12H19N3OS/c1-9-14-7-11(17-9)12(16)15(2)8-10-3-5-13-6-4-10/h7,10,13H,3-6,8H2,1-2H3. The molecule has 2 rings (SSSR count). The first-order valence-corrected chi connectivity index (χ1v) is 6.87. The van der Waals surface area contributed by atoms with Gasteiger partial charge in [-0.3, -0.25) is 4.79 Å². The molecule has 1 fully saturated rings. The van der Waals surface area contributed by atoms with Crippen molar-refractivity contribution in [1.29, 1.82) is 0 Å². The number of thiazole rings is 1. The maximum atomic E-state index is 12.1. The SMILES string of the molecule is Cc1ncc(C(=O)N(C)CC2CCNCC2)s1. The highest BCUT2D eigenvalue weighted by molar-refractivity contribution is 7.13. The quantitative estimate of drug-likeness (QED) is 0.888. The average molecular weight is 253 g/mol. The molecule has 1 aliphatic heterocycles. The molecule has 0 atom stereocenters. The van der Waals surface area contributed by atoms with E-state index in [1.165, 1.54) is 24.2 Å². The Hall–Kier alpha value is -0.940. The zero-order chi connectivity index (χ0) is 12.3. The lowest BCUT2D eigenvalue weighted by atomic mass is 9.98. The summed E-state index contributed by atoms with van der Waals surface area (Å²) in [5.74, 6) is 0.744.